The number of benzene rings is 2. The summed E-state index contributed by atoms with van der Waals surface area (Å²) in [4.78, 5) is 41.7. The molecule has 0 aliphatic carbocycles. The largest absolute Gasteiger partial charge is 0.545 e. The van der Waals surface area contributed by atoms with Gasteiger partial charge in [-0.25, -0.2) is 9.38 Å². The molecule has 0 bridgehead atoms. The lowest BCUT2D eigenvalue weighted by Gasteiger charge is -2.30. The van der Waals surface area contributed by atoms with E-state index in [0.29, 0.717) is 23.1 Å². The van der Waals surface area contributed by atoms with E-state index in [4.69, 9.17) is 0 Å². The number of aromatic carboxylic acids is 1. The van der Waals surface area contributed by atoms with Crippen molar-refractivity contribution in [2.45, 2.75) is 18.6 Å². The lowest BCUT2D eigenvalue weighted by Crippen LogP contribution is -2.45. The van der Waals surface area contributed by atoms with Gasteiger partial charge in [0.1, 0.15) is 11.1 Å². The van der Waals surface area contributed by atoms with Crippen molar-refractivity contribution < 1.29 is 23.9 Å². The maximum atomic E-state index is 13.4. The molecule has 7 nitrogen and oxygen atoms in total. The molecule has 1 aliphatic rings. The maximum absolute atomic E-state index is 13.4. The molecule has 2 amide bonds. The number of hydrogen-bond acceptors (Lipinski definition) is 6. The summed E-state index contributed by atoms with van der Waals surface area (Å²) >= 11 is 1.12. The first-order chi connectivity index (χ1) is 13.9. The molecule has 0 unspecified atom stereocenters. The third-order valence-electron chi connectivity index (χ3n) is 4.17. The van der Waals surface area contributed by atoms with Crippen LogP contribution < -0.4 is 10.4 Å². The van der Waals surface area contributed by atoms with Gasteiger partial charge in [-0.3, -0.25) is 14.5 Å². The van der Waals surface area contributed by atoms with Crippen LogP contribution >= 0.6 is 11.8 Å². The number of amides is 2. The van der Waals surface area contributed by atoms with E-state index in [1.165, 1.54) is 47.4 Å². The highest BCUT2D eigenvalue weighted by Crippen LogP contribution is 2.30. The minimum Gasteiger partial charge on any atom is -0.545 e. The molecule has 2 aromatic rings. The monoisotopic (exact) mass is 414 g/mol. The molecule has 1 fully saturated rings. The topological polar surface area (TPSA) is 102 Å². The highest BCUT2D eigenvalue weighted by Gasteiger charge is 2.35. The normalized spacial score (nSPS) is 18.0. The Morgan fingerprint density at radius 2 is 2.00 bits per heavy atom. The van der Waals surface area contributed by atoms with Crippen LogP contribution in [0.15, 0.2) is 53.5 Å². The van der Waals surface area contributed by atoms with Crippen LogP contribution in [0.25, 0.3) is 0 Å². The second-order valence-electron chi connectivity index (χ2n) is 6.18. The van der Waals surface area contributed by atoms with Crippen LogP contribution in [-0.4, -0.2) is 39.6 Å². The van der Waals surface area contributed by atoms with Crippen molar-refractivity contribution in [3.05, 3.63) is 59.9 Å². The number of carboxylic acid groups (broad SMARTS) is 1. The van der Waals surface area contributed by atoms with Gasteiger partial charge >= 0.3 is 0 Å². The molecule has 1 aliphatic heterocycles. The van der Waals surface area contributed by atoms with Gasteiger partial charge in [0.15, 0.2) is 5.17 Å². The van der Waals surface area contributed by atoms with E-state index in [1.807, 2.05) is 0 Å². The Kier molecular flexibility index (Phi) is 6.28. The molecular weight excluding hydrogens is 397 g/mol. The number of carbonyl (C=O) groups excluding carboxylic acids is 3. The van der Waals surface area contributed by atoms with Crippen molar-refractivity contribution in [3.63, 3.8) is 0 Å². The first-order valence-corrected chi connectivity index (χ1v) is 9.69. The Labute approximate surface area is 170 Å². The highest BCUT2D eigenvalue weighted by molar-refractivity contribution is 8.15. The molecular formula is C20H17FN3O4S-. The number of anilines is 1. The summed E-state index contributed by atoms with van der Waals surface area (Å²) < 4.78 is 13.4. The molecule has 1 heterocycles. The fraction of sp³-hybridized carbons (Fsp3) is 0.200. The molecule has 1 N–H and O–H groups in total. The SMILES string of the molecule is CCN1C(=O)C[C@@H](C(=O)Nc2ccc(C(=O)[O-])cc2)SC1=Nc1cccc(F)c1. The van der Waals surface area contributed by atoms with Gasteiger partial charge in [-0.2, -0.15) is 0 Å². The summed E-state index contributed by atoms with van der Waals surface area (Å²) in [6, 6.07) is 11.2. The first-order valence-electron chi connectivity index (χ1n) is 8.81. The van der Waals surface area contributed by atoms with Crippen LogP contribution in [0.5, 0.6) is 0 Å². The predicted molar refractivity (Wildman–Crippen MR) is 106 cm³/mol. The zero-order valence-electron chi connectivity index (χ0n) is 15.4. The van der Waals surface area contributed by atoms with Gasteiger partial charge < -0.3 is 15.2 Å². The molecule has 1 saturated heterocycles. The maximum Gasteiger partial charge on any atom is 0.238 e. The molecule has 0 radical (unpaired) electrons. The van der Waals surface area contributed by atoms with Crippen molar-refractivity contribution in [2.24, 2.45) is 4.99 Å². The summed E-state index contributed by atoms with van der Waals surface area (Å²) in [5.74, 6) is -2.42. The second-order valence-corrected chi connectivity index (χ2v) is 7.35. The van der Waals surface area contributed by atoms with Crippen molar-refractivity contribution in [1.82, 2.24) is 4.90 Å². The number of carboxylic acids is 1. The van der Waals surface area contributed by atoms with Crippen LogP contribution in [-0.2, 0) is 9.59 Å². The van der Waals surface area contributed by atoms with E-state index >= 15 is 0 Å². The lowest BCUT2D eigenvalue weighted by atomic mass is 10.2. The Hall–Kier alpha value is -3.20. The van der Waals surface area contributed by atoms with Gasteiger partial charge in [-0.15, -0.1) is 0 Å². The number of nitrogens with one attached hydrogen (secondary N) is 1. The Bertz CT molecular complexity index is 978. The Balaban J connectivity index is 1.78. The number of halogens is 1. The zero-order valence-corrected chi connectivity index (χ0v) is 16.2. The van der Waals surface area contributed by atoms with Gasteiger partial charge in [0.2, 0.25) is 11.8 Å². The fourth-order valence-corrected chi connectivity index (χ4v) is 3.88. The average Bonchev–Trinajstić information content (AvgIpc) is 2.68. The van der Waals surface area contributed by atoms with Gasteiger partial charge in [-0.05, 0) is 42.8 Å². The van der Waals surface area contributed by atoms with Crippen molar-refractivity contribution in [2.75, 3.05) is 11.9 Å². The third-order valence-corrected chi connectivity index (χ3v) is 5.36. The number of hydrogen-bond donors (Lipinski definition) is 1. The van der Waals surface area contributed by atoms with Crippen LogP contribution in [0.3, 0.4) is 0 Å². The number of rotatable bonds is 5. The lowest BCUT2D eigenvalue weighted by molar-refractivity contribution is -0.255. The number of amidine groups is 1. The number of aliphatic imine (C=N–C) groups is 1. The third kappa shape index (κ3) is 5.00. The Morgan fingerprint density at radius 1 is 1.28 bits per heavy atom. The highest BCUT2D eigenvalue weighted by atomic mass is 32.2. The van der Waals surface area contributed by atoms with E-state index in [1.54, 1.807) is 13.0 Å². The summed E-state index contributed by atoms with van der Waals surface area (Å²) in [6.07, 6.45) is -0.0103. The molecule has 150 valence electrons. The van der Waals surface area contributed by atoms with Crippen LogP contribution in [0.1, 0.15) is 23.7 Å². The predicted octanol–water partition coefficient (Wildman–Crippen LogP) is 2.17. The number of thioether (sulfide) groups is 1. The first kappa shape index (κ1) is 20.5. The minimum atomic E-state index is -1.31. The second kappa shape index (κ2) is 8.87. The number of nitrogens with zero attached hydrogens (tertiary/aromatic N) is 2. The summed E-state index contributed by atoms with van der Waals surface area (Å²) in [6.45, 7) is 2.16. The van der Waals surface area contributed by atoms with E-state index in [-0.39, 0.29) is 17.9 Å². The van der Waals surface area contributed by atoms with Crippen LogP contribution in [0.4, 0.5) is 15.8 Å². The summed E-state index contributed by atoms with van der Waals surface area (Å²) in [7, 11) is 0. The molecule has 9 heteroatoms. The molecule has 29 heavy (non-hydrogen) atoms. The smallest absolute Gasteiger partial charge is 0.238 e. The molecule has 1 atom stereocenters. The standard InChI is InChI=1S/C20H18FN3O4S/c1-2-24-17(25)11-16(29-20(24)23-15-5-3-4-13(21)10-15)18(26)22-14-8-6-12(7-9-14)19(27)28/h3-10,16H,2,11H2,1H3,(H,22,26)(H,27,28)/p-1/t16-/m0/s1. The summed E-state index contributed by atoms with van der Waals surface area (Å²) in [5.41, 5.74) is 0.737. The fourth-order valence-electron chi connectivity index (χ4n) is 2.72. The Morgan fingerprint density at radius 3 is 2.62 bits per heavy atom. The molecule has 3 rings (SSSR count). The van der Waals surface area contributed by atoms with Gasteiger partial charge in [0.25, 0.3) is 0 Å². The summed E-state index contributed by atoms with van der Waals surface area (Å²) in [5, 5.41) is 13.1. The van der Waals surface area contributed by atoms with Crippen molar-refractivity contribution in [1.29, 1.82) is 0 Å². The van der Waals surface area contributed by atoms with E-state index in [9.17, 15) is 23.9 Å². The van der Waals surface area contributed by atoms with Gasteiger partial charge in [-0.1, -0.05) is 30.0 Å². The van der Waals surface area contributed by atoms with Crippen molar-refractivity contribution >= 4 is 46.1 Å². The molecule has 0 aromatic heterocycles. The van der Waals surface area contributed by atoms with E-state index in [2.05, 4.69) is 10.3 Å². The van der Waals surface area contributed by atoms with Crippen LogP contribution in [0, 0.1) is 5.82 Å². The molecule has 0 spiro atoms. The van der Waals surface area contributed by atoms with E-state index in [0.717, 1.165) is 11.8 Å². The van der Waals surface area contributed by atoms with Gasteiger partial charge in [0.05, 0.1) is 11.7 Å². The minimum absolute atomic E-state index is 0.00619. The zero-order chi connectivity index (χ0) is 21.0. The van der Waals surface area contributed by atoms with E-state index < -0.39 is 22.9 Å². The van der Waals surface area contributed by atoms with Crippen molar-refractivity contribution in [3.8, 4) is 0 Å². The molecule has 0 saturated carbocycles. The van der Waals surface area contributed by atoms with Gasteiger partial charge in [0, 0.05) is 18.7 Å². The number of carbonyl (C=O) groups is 3. The quantitative estimate of drug-likeness (QED) is 0.808. The average molecular weight is 414 g/mol. The van der Waals surface area contributed by atoms with Crippen LogP contribution in [0.2, 0.25) is 0 Å². The molecule has 2 aromatic carbocycles.